The molecule has 1 heterocycles. The maximum absolute atomic E-state index is 12.5. The number of benzene rings is 2. The van der Waals surface area contributed by atoms with E-state index in [9.17, 15) is 13.6 Å². The van der Waals surface area contributed by atoms with Gasteiger partial charge in [0, 0.05) is 21.8 Å². The van der Waals surface area contributed by atoms with E-state index in [-0.39, 0.29) is 17.1 Å². The number of hydrogen-bond acceptors (Lipinski definition) is 4. The molecule has 3 rings (SSSR count). The first-order valence-corrected chi connectivity index (χ1v) is 8.89. The number of H-pyrrole nitrogens is 1. The predicted molar refractivity (Wildman–Crippen MR) is 104 cm³/mol. The van der Waals surface area contributed by atoms with Crippen LogP contribution in [0.5, 0.6) is 5.75 Å². The van der Waals surface area contributed by atoms with Crippen molar-refractivity contribution in [2.45, 2.75) is 20.1 Å². The summed E-state index contributed by atoms with van der Waals surface area (Å²) in [5, 5.41) is 10.1. The number of anilines is 1. The maximum atomic E-state index is 12.5. The van der Waals surface area contributed by atoms with Gasteiger partial charge in [-0.05, 0) is 55.5 Å². The number of aromatic nitrogens is 3. The van der Waals surface area contributed by atoms with Crippen LogP contribution in [-0.4, -0.2) is 27.3 Å². The molecule has 0 atom stereocenters. The monoisotopic (exact) mass is 424 g/mol. The number of carbonyl (C=O) groups is 1. The van der Waals surface area contributed by atoms with E-state index < -0.39 is 12.5 Å². The van der Waals surface area contributed by atoms with Crippen molar-refractivity contribution in [2.75, 3.05) is 5.32 Å². The zero-order valence-electron chi connectivity index (χ0n) is 14.6. The molecule has 2 aromatic carbocycles. The van der Waals surface area contributed by atoms with Crippen molar-refractivity contribution in [3.63, 3.8) is 0 Å². The van der Waals surface area contributed by atoms with Crippen LogP contribution in [0.2, 0.25) is 5.02 Å². The number of ether oxygens (including phenoxy) is 1. The van der Waals surface area contributed by atoms with E-state index in [1.165, 1.54) is 16.7 Å². The molecule has 146 valence electrons. The van der Waals surface area contributed by atoms with Crippen molar-refractivity contribution >= 4 is 35.4 Å². The van der Waals surface area contributed by atoms with Gasteiger partial charge in [-0.25, -0.2) is 0 Å². The number of amides is 1. The summed E-state index contributed by atoms with van der Waals surface area (Å²) in [6.07, 6.45) is 0. The molecule has 0 saturated carbocycles. The molecule has 10 heteroatoms. The Hall–Kier alpha value is -2.78. The fraction of sp³-hybridized carbons (Fsp3) is 0.167. The number of halogens is 3. The molecule has 2 N–H and O–H groups in total. The Balaban J connectivity index is 1.81. The molecule has 0 aliphatic rings. The molecule has 3 aromatic rings. The van der Waals surface area contributed by atoms with Gasteiger partial charge >= 0.3 is 6.61 Å². The average Bonchev–Trinajstić information content (AvgIpc) is 2.99. The molecule has 0 bridgehead atoms. The third-order valence-electron chi connectivity index (χ3n) is 3.94. The van der Waals surface area contributed by atoms with Gasteiger partial charge in [-0.3, -0.25) is 14.5 Å². The van der Waals surface area contributed by atoms with Crippen molar-refractivity contribution in [3.8, 4) is 17.1 Å². The van der Waals surface area contributed by atoms with E-state index >= 15 is 0 Å². The van der Waals surface area contributed by atoms with Gasteiger partial charge in [0.1, 0.15) is 12.3 Å². The molecule has 0 saturated heterocycles. The highest BCUT2D eigenvalue weighted by molar-refractivity contribution is 7.71. The number of alkyl halides is 2. The van der Waals surface area contributed by atoms with Crippen LogP contribution in [0, 0.1) is 11.7 Å². The first kappa shape index (κ1) is 20.0. The largest absolute Gasteiger partial charge is 0.434 e. The van der Waals surface area contributed by atoms with Crippen molar-refractivity contribution in [3.05, 3.63) is 57.8 Å². The van der Waals surface area contributed by atoms with Gasteiger partial charge < -0.3 is 10.1 Å². The lowest BCUT2D eigenvalue weighted by molar-refractivity contribution is -0.116. The van der Waals surface area contributed by atoms with E-state index in [1.54, 1.807) is 37.3 Å². The van der Waals surface area contributed by atoms with Gasteiger partial charge in [0.25, 0.3) is 0 Å². The zero-order valence-corrected chi connectivity index (χ0v) is 16.2. The highest BCUT2D eigenvalue weighted by Crippen LogP contribution is 2.27. The van der Waals surface area contributed by atoms with Crippen molar-refractivity contribution in [1.82, 2.24) is 14.8 Å². The molecule has 1 aromatic heterocycles. The summed E-state index contributed by atoms with van der Waals surface area (Å²) in [7, 11) is 0. The molecule has 1 amide bonds. The second-order valence-corrected chi connectivity index (χ2v) is 6.62. The molecular formula is C18H15ClF2N4O2S. The maximum Gasteiger partial charge on any atom is 0.387 e. The minimum Gasteiger partial charge on any atom is -0.434 e. The number of hydrogen-bond donors (Lipinski definition) is 2. The highest BCUT2D eigenvalue weighted by atomic mass is 35.5. The van der Waals surface area contributed by atoms with Crippen LogP contribution in [0.1, 0.15) is 5.56 Å². The number of rotatable bonds is 6. The van der Waals surface area contributed by atoms with Gasteiger partial charge in [0.05, 0.1) is 0 Å². The Morgan fingerprint density at radius 2 is 2.04 bits per heavy atom. The number of nitrogens with one attached hydrogen (secondary N) is 2. The SMILES string of the molecule is Cc1c(NC(=O)Cn2c(-c3ccc(Cl)cc3)n[nH]c2=S)cccc1OC(F)F. The lowest BCUT2D eigenvalue weighted by Crippen LogP contribution is -2.20. The lowest BCUT2D eigenvalue weighted by atomic mass is 10.2. The van der Waals surface area contributed by atoms with Gasteiger partial charge in [0.2, 0.25) is 5.91 Å². The van der Waals surface area contributed by atoms with Crippen LogP contribution in [0.25, 0.3) is 11.4 Å². The summed E-state index contributed by atoms with van der Waals surface area (Å²) in [6, 6.07) is 11.5. The Morgan fingerprint density at radius 3 is 2.71 bits per heavy atom. The molecule has 0 spiro atoms. The summed E-state index contributed by atoms with van der Waals surface area (Å²) in [5.74, 6) is 0.0721. The molecule has 0 radical (unpaired) electrons. The molecular weight excluding hydrogens is 410 g/mol. The highest BCUT2D eigenvalue weighted by Gasteiger charge is 2.15. The summed E-state index contributed by atoms with van der Waals surface area (Å²) in [4.78, 5) is 12.5. The van der Waals surface area contributed by atoms with Crippen LogP contribution in [0.3, 0.4) is 0 Å². The molecule has 0 fully saturated rings. The summed E-state index contributed by atoms with van der Waals surface area (Å²) in [6.45, 7) is -1.49. The minimum atomic E-state index is -2.95. The quantitative estimate of drug-likeness (QED) is 0.557. The normalized spacial score (nSPS) is 10.9. The Morgan fingerprint density at radius 1 is 1.32 bits per heavy atom. The van der Waals surface area contributed by atoms with Crippen LogP contribution in [0.4, 0.5) is 14.5 Å². The smallest absolute Gasteiger partial charge is 0.387 e. The van der Waals surface area contributed by atoms with Gasteiger partial charge in [-0.1, -0.05) is 17.7 Å². The summed E-state index contributed by atoms with van der Waals surface area (Å²) < 4.78 is 31.2. The Bertz CT molecular complexity index is 1050. The third kappa shape index (κ3) is 4.55. The fourth-order valence-electron chi connectivity index (χ4n) is 2.59. The summed E-state index contributed by atoms with van der Waals surface area (Å²) in [5.41, 5.74) is 1.49. The van der Waals surface area contributed by atoms with Crippen LogP contribution in [0.15, 0.2) is 42.5 Å². The van der Waals surface area contributed by atoms with Gasteiger partial charge in [-0.15, -0.1) is 0 Å². The Kier molecular flexibility index (Phi) is 6.05. The van der Waals surface area contributed by atoms with E-state index in [4.69, 9.17) is 23.8 Å². The number of nitrogens with zero attached hydrogens (tertiary/aromatic N) is 2. The van der Waals surface area contributed by atoms with Crippen molar-refractivity contribution in [2.24, 2.45) is 0 Å². The van der Waals surface area contributed by atoms with Gasteiger partial charge in [-0.2, -0.15) is 13.9 Å². The topological polar surface area (TPSA) is 71.9 Å². The van der Waals surface area contributed by atoms with Crippen LogP contribution in [-0.2, 0) is 11.3 Å². The van der Waals surface area contributed by atoms with Crippen molar-refractivity contribution < 1.29 is 18.3 Å². The minimum absolute atomic E-state index is 0.00502. The van der Waals surface area contributed by atoms with Crippen LogP contribution >= 0.6 is 23.8 Å². The van der Waals surface area contributed by atoms with E-state index in [2.05, 4.69) is 20.3 Å². The standard InChI is InChI=1S/C18H15ClF2N4O2S/c1-10-13(3-2-4-14(10)27-17(20)21)22-15(26)9-25-16(23-24-18(25)28)11-5-7-12(19)8-6-11/h2-8,17H,9H2,1H3,(H,22,26)(H,24,28). The predicted octanol–water partition coefficient (Wildman–Crippen LogP) is 4.81. The van der Waals surface area contributed by atoms with Crippen molar-refractivity contribution in [1.29, 1.82) is 0 Å². The second-order valence-electron chi connectivity index (χ2n) is 5.80. The third-order valence-corrected chi connectivity index (χ3v) is 4.50. The molecule has 0 aliphatic heterocycles. The lowest BCUT2D eigenvalue weighted by Gasteiger charge is -2.13. The number of carbonyl (C=O) groups excluding carboxylic acids is 1. The number of aromatic amines is 1. The Labute approximate surface area is 169 Å². The molecule has 0 aliphatic carbocycles. The fourth-order valence-corrected chi connectivity index (χ4v) is 2.91. The van der Waals surface area contributed by atoms with Gasteiger partial charge in [0.15, 0.2) is 10.6 Å². The second kappa shape index (κ2) is 8.49. The first-order valence-electron chi connectivity index (χ1n) is 8.10. The zero-order chi connectivity index (χ0) is 20.3. The van der Waals surface area contributed by atoms with E-state index in [1.807, 2.05) is 0 Å². The molecule has 28 heavy (non-hydrogen) atoms. The molecule has 6 nitrogen and oxygen atoms in total. The van der Waals surface area contributed by atoms with Crippen LogP contribution < -0.4 is 10.1 Å². The molecule has 0 unspecified atom stereocenters. The average molecular weight is 425 g/mol. The first-order chi connectivity index (χ1) is 13.3. The van der Waals surface area contributed by atoms with E-state index in [0.717, 1.165) is 5.56 Å². The van der Waals surface area contributed by atoms with E-state index in [0.29, 0.717) is 22.1 Å². The summed E-state index contributed by atoms with van der Waals surface area (Å²) >= 11 is 11.1.